The van der Waals surface area contributed by atoms with E-state index in [0.717, 1.165) is 11.0 Å². The molecule has 1 aromatic carbocycles. The number of benzene rings is 1. The van der Waals surface area contributed by atoms with Gasteiger partial charge < -0.3 is 14.5 Å². The number of rotatable bonds is 4. The van der Waals surface area contributed by atoms with Crippen LogP contribution in [0.3, 0.4) is 0 Å². The lowest BCUT2D eigenvalue weighted by Gasteiger charge is -2.37. The molecule has 24 heavy (non-hydrogen) atoms. The van der Waals surface area contributed by atoms with Gasteiger partial charge in [-0.05, 0) is 46.8 Å². The lowest BCUT2D eigenvalue weighted by atomic mass is 9.82. The number of aliphatic hydroxyl groups is 1. The predicted octanol–water partition coefficient (Wildman–Crippen LogP) is 2.91. The molecular formula is C20H30BO3. The zero-order valence-electron chi connectivity index (χ0n) is 16.1. The van der Waals surface area contributed by atoms with E-state index >= 15 is 0 Å². The third-order valence-corrected chi connectivity index (χ3v) is 4.22. The van der Waals surface area contributed by atoms with Crippen LogP contribution in [0.15, 0.2) is 24.3 Å². The zero-order valence-corrected chi connectivity index (χ0v) is 16.1. The van der Waals surface area contributed by atoms with Gasteiger partial charge >= 0.3 is 7.48 Å². The molecule has 1 aliphatic rings. The molecule has 0 saturated carbocycles. The summed E-state index contributed by atoms with van der Waals surface area (Å²) < 4.78 is 10.9. The molecule has 1 N–H and O–H groups in total. The van der Waals surface area contributed by atoms with Crippen molar-refractivity contribution in [1.82, 2.24) is 0 Å². The summed E-state index contributed by atoms with van der Waals surface area (Å²) in [7, 11) is 1.68. The molecule has 131 valence electrons. The first kappa shape index (κ1) is 20.8. The Bertz CT molecular complexity index is 570. The summed E-state index contributed by atoms with van der Waals surface area (Å²) in [6.07, 6.45) is 0. The highest BCUT2D eigenvalue weighted by Crippen LogP contribution is 2.25. The fraction of sp³-hybridized carbons (Fsp3) is 0.600. The predicted molar refractivity (Wildman–Crippen MR) is 100 cm³/mol. The summed E-state index contributed by atoms with van der Waals surface area (Å²) >= 11 is 0. The first-order chi connectivity index (χ1) is 11.1. The summed E-state index contributed by atoms with van der Waals surface area (Å²) in [5, 5.41) is 10.1. The molecule has 1 heterocycles. The normalized spacial score (nSPS) is 16.0. The summed E-state index contributed by atoms with van der Waals surface area (Å²) in [6.45, 7) is 14.7. The lowest BCUT2D eigenvalue weighted by Crippen LogP contribution is -2.49. The molecule has 0 bridgehead atoms. The maximum absolute atomic E-state index is 10.1. The number of hydrogen-bond acceptors (Lipinski definition) is 3. The Morgan fingerprint density at radius 3 is 2.08 bits per heavy atom. The van der Waals surface area contributed by atoms with Crippen molar-refractivity contribution in [1.29, 1.82) is 0 Å². The van der Waals surface area contributed by atoms with E-state index in [1.807, 2.05) is 52.0 Å². The second-order valence-electron chi connectivity index (χ2n) is 7.23. The van der Waals surface area contributed by atoms with Gasteiger partial charge in [-0.2, -0.15) is 0 Å². The molecule has 0 spiro atoms. The minimum absolute atomic E-state index is 0.00460. The van der Waals surface area contributed by atoms with Crippen LogP contribution in [0.1, 0.15) is 54.0 Å². The minimum atomic E-state index is -0.921. The van der Waals surface area contributed by atoms with Crippen molar-refractivity contribution in [3.63, 3.8) is 0 Å². The highest BCUT2D eigenvalue weighted by Gasteiger charge is 2.35. The monoisotopic (exact) mass is 329 g/mol. The fourth-order valence-corrected chi connectivity index (χ4v) is 1.71. The van der Waals surface area contributed by atoms with Crippen LogP contribution in [0.2, 0.25) is 0 Å². The van der Waals surface area contributed by atoms with Crippen LogP contribution in [0.25, 0.3) is 0 Å². The third kappa shape index (κ3) is 5.67. The van der Waals surface area contributed by atoms with E-state index in [2.05, 4.69) is 18.8 Å². The van der Waals surface area contributed by atoms with Crippen molar-refractivity contribution in [3.05, 3.63) is 29.8 Å². The van der Waals surface area contributed by atoms with Gasteiger partial charge in [0.15, 0.2) is 0 Å². The summed E-state index contributed by atoms with van der Waals surface area (Å²) in [6, 6.07) is 7.87. The van der Waals surface area contributed by atoms with E-state index in [1.54, 1.807) is 21.3 Å². The summed E-state index contributed by atoms with van der Waals surface area (Å²) in [4.78, 5) is 0. The maximum Gasteiger partial charge on any atom is 0.330 e. The van der Waals surface area contributed by atoms with E-state index in [0.29, 0.717) is 13.2 Å². The Morgan fingerprint density at radius 1 is 1.12 bits per heavy atom. The molecule has 0 aromatic heterocycles. The van der Waals surface area contributed by atoms with E-state index in [-0.39, 0.29) is 5.41 Å². The molecule has 3 nitrogen and oxygen atoms in total. The molecule has 0 unspecified atom stereocenters. The quantitative estimate of drug-likeness (QED) is 0.682. The highest BCUT2D eigenvalue weighted by molar-refractivity contribution is 6.47. The maximum atomic E-state index is 10.1. The van der Waals surface area contributed by atoms with Gasteiger partial charge in [-0.3, -0.25) is 0 Å². The first-order valence-electron chi connectivity index (χ1n) is 8.56. The zero-order chi connectivity index (χ0) is 18.4. The van der Waals surface area contributed by atoms with Crippen molar-refractivity contribution in [2.24, 2.45) is 5.41 Å². The van der Waals surface area contributed by atoms with Gasteiger partial charge in [0.05, 0.1) is 29.8 Å². The summed E-state index contributed by atoms with van der Waals surface area (Å²) in [5.41, 5.74) is 0.345. The van der Waals surface area contributed by atoms with Crippen LogP contribution in [-0.4, -0.2) is 37.0 Å². The molecule has 4 heteroatoms. The largest absolute Gasteiger partial charge is 0.427 e. The Kier molecular flexibility index (Phi) is 7.10. The van der Waals surface area contributed by atoms with E-state index in [4.69, 9.17) is 9.39 Å². The Hall–Kier alpha value is -1.28. The molecule has 1 fully saturated rings. The van der Waals surface area contributed by atoms with E-state index < -0.39 is 11.2 Å². The van der Waals surface area contributed by atoms with Gasteiger partial charge in [-0.15, -0.1) is 0 Å². The van der Waals surface area contributed by atoms with Crippen molar-refractivity contribution < 1.29 is 14.5 Å². The molecule has 1 aromatic rings. The van der Waals surface area contributed by atoms with E-state index in [1.165, 1.54) is 0 Å². The standard InChI is InChI=1S/C18H24BO3.C2H6/c1-16(2,20)17(3,4)22-19-15-8-6-14(7-9-15)10-11-18(5)12-21-13-18;1-2/h6-9,20H,12-13H2,1-5H3;1-2H3. The summed E-state index contributed by atoms with van der Waals surface area (Å²) in [5.74, 6) is 6.44. The molecular weight excluding hydrogens is 299 g/mol. The van der Waals surface area contributed by atoms with Crippen LogP contribution in [0.5, 0.6) is 0 Å². The SMILES string of the molecule is CC.CC1(C#Cc2ccc([B]OC(C)(C)C(C)(C)O)cc2)COC1. The van der Waals surface area contributed by atoms with Gasteiger partial charge in [0.1, 0.15) is 0 Å². The fourth-order valence-electron chi connectivity index (χ4n) is 1.71. The smallest absolute Gasteiger partial charge is 0.330 e. The second-order valence-corrected chi connectivity index (χ2v) is 7.23. The minimum Gasteiger partial charge on any atom is -0.427 e. The molecule has 1 radical (unpaired) electrons. The van der Waals surface area contributed by atoms with E-state index in [9.17, 15) is 5.11 Å². The van der Waals surface area contributed by atoms with Crippen molar-refractivity contribution in [3.8, 4) is 11.8 Å². The molecule has 0 aliphatic carbocycles. The number of hydrogen-bond donors (Lipinski definition) is 1. The Labute approximate surface area is 148 Å². The van der Waals surface area contributed by atoms with Crippen LogP contribution >= 0.6 is 0 Å². The molecule has 0 amide bonds. The highest BCUT2D eigenvalue weighted by atomic mass is 16.5. The number of ether oxygens (including phenoxy) is 1. The van der Waals surface area contributed by atoms with Gasteiger partial charge in [0.2, 0.25) is 0 Å². The second kappa shape index (κ2) is 8.20. The van der Waals surface area contributed by atoms with Crippen LogP contribution < -0.4 is 5.46 Å². The Morgan fingerprint density at radius 2 is 1.67 bits per heavy atom. The van der Waals surface area contributed by atoms with Crippen molar-refractivity contribution >= 4 is 12.9 Å². The molecule has 1 saturated heterocycles. The van der Waals surface area contributed by atoms with Gasteiger partial charge in [-0.25, -0.2) is 0 Å². The van der Waals surface area contributed by atoms with Gasteiger partial charge in [0.25, 0.3) is 0 Å². The Balaban J connectivity index is 0.00000139. The van der Waals surface area contributed by atoms with Crippen LogP contribution in [0.4, 0.5) is 0 Å². The third-order valence-electron chi connectivity index (χ3n) is 4.22. The average Bonchev–Trinajstić information content (AvgIpc) is 2.51. The lowest BCUT2D eigenvalue weighted by molar-refractivity contribution is -0.0893. The van der Waals surface area contributed by atoms with Crippen LogP contribution in [0, 0.1) is 17.3 Å². The van der Waals surface area contributed by atoms with Gasteiger partial charge in [-0.1, -0.05) is 43.3 Å². The first-order valence-corrected chi connectivity index (χ1v) is 8.56. The molecule has 0 atom stereocenters. The average molecular weight is 329 g/mol. The van der Waals surface area contributed by atoms with Crippen LogP contribution in [-0.2, 0) is 9.39 Å². The van der Waals surface area contributed by atoms with Crippen molar-refractivity contribution in [2.75, 3.05) is 13.2 Å². The topological polar surface area (TPSA) is 38.7 Å². The molecule has 2 rings (SSSR count). The van der Waals surface area contributed by atoms with Gasteiger partial charge in [0, 0.05) is 5.56 Å². The molecule has 1 aliphatic heterocycles. The van der Waals surface area contributed by atoms with Crippen molar-refractivity contribution in [2.45, 2.75) is 59.7 Å².